The lowest BCUT2D eigenvalue weighted by molar-refractivity contribution is -0.130. The number of rotatable bonds is 5. The molecule has 0 aliphatic carbocycles. The Labute approximate surface area is 148 Å². The monoisotopic (exact) mass is 364 g/mol. The first-order chi connectivity index (χ1) is 9.93. The van der Waals surface area contributed by atoms with Crippen molar-refractivity contribution in [3.8, 4) is 0 Å². The normalized spacial score (nSPS) is 20.8. The maximum absolute atomic E-state index is 12.2. The molecule has 1 amide bonds. The molecule has 22 heavy (non-hydrogen) atoms. The van der Waals surface area contributed by atoms with Crippen molar-refractivity contribution in [1.29, 1.82) is 0 Å². The van der Waals surface area contributed by atoms with E-state index in [2.05, 4.69) is 6.92 Å². The van der Waals surface area contributed by atoms with Gasteiger partial charge >= 0.3 is 0 Å². The van der Waals surface area contributed by atoms with E-state index >= 15 is 0 Å². The van der Waals surface area contributed by atoms with Gasteiger partial charge in [-0.3, -0.25) is 4.79 Å². The van der Waals surface area contributed by atoms with Crippen molar-refractivity contribution in [3.05, 3.63) is 33.8 Å². The highest BCUT2D eigenvalue weighted by Crippen LogP contribution is 2.29. The second-order valence-electron chi connectivity index (χ2n) is 6.18. The van der Waals surface area contributed by atoms with Crippen molar-refractivity contribution < 1.29 is 4.79 Å². The fraction of sp³-hybridized carbons (Fsp3) is 0.562. The Morgan fingerprint density at radius 3 is 2.68 bits per heavy atom. The summed E-state index contributed by atoms with van der Waals surface area (Å²) in [6, 6.07) is 5.63. The Kier molecular flexibility index (Phi) is 7.47. The maximum Gasteiger partial charge on any atom is 0.222 e. The zero-order chi connectivity index (χ0) is 15.5. The number of nitrogens with two attached hydrogens (primary N) is 1. The molecule has 1 aliphatic rings. The van der Waals surface area contributed by atoms with Crippen LogP contribution < -0.4 is 5.73 Å². The largest absolute Gasteiger partial charge is 0.342 e. The molecule has 1 aromatic rings. The van der Waals surface area contributed by atoms with E-state index in [1.165, 1.54) is 0 Å². The zero-order valence-electron chi connectivity index (χ0n) is 12.8. The first-order valence-electron chi connectivity index (χ1n) is 7.35. The average molecular weight is 366 g/mol. The van der Waals surface area contributed by atoms with Gasteiger partial charge in [-0.25, -0.2) is 0 Å². The maximum atomic E-state index is 12.2. The van der Waals surface area contributed by atoms with Crippen LogP contribution in [-0.4, -0.2) is 30.4 Å². The van der Waals surface area contributed by atoms with Crippen LogP contribution in [0.5, 0.6) is 0 Å². The van der Waals surface area contributed by atoms with Crippen LogP contribution in [0.3, 0.4) is 0 Å². The van der Waals surface area contributed by atoms with E-state index in [4.69, 9.17) is 28.9 Å². The van der Waals surface area contributed by atoms with Gasteiger partial charge in [0.2, 0.25) is 5.91 Å². The topological polar surface area (TPSA) is 46.3 Å². The van der Waals surface area contributed by atoms with Crippen molar-refractivity contribution in [2.24, 2.45) is 11.1 Å². The van der Waals surface area contributed by atoms with E-state index in [0.717, 1.165) is 37.9 Å². The highest BCUT2D eigenvalue weighted by molar-refractivity contribution is 6.42. The molecule has 0 radical (unpaired) electrons. The third-order valence-corrected chi connectivity index (χ3v) is 4.98. The number of hydrogen-bond acceptors (Lipinski definition) is 2. The van der Waals surface area contributed by atoms with Crippen LogP contribution in [0.15, 0.2) is 18.2 Å². The number of likely N-dealkylation sites (tertiary alicyclic amines) is 1. The molecule has 0 bridgehead atoms. The summed E-state index contributed by atoms with van der Waals surface area (Å²) in [5.41, 5.74) is 6.98. The van der Waals surface area contributed by atoms with Crippen LogP contribution in [0.1, 0.15) is 31.7 Å². The fourth-order valence-electron chi connectivity index (χ4n) is 2.70. The number of benzene rings is 1. The molecule has 1 atom stereocenters. The summed E-state index contributed by atoms with van der Waals surface area (Å²) < 4.78 is 0. The Morgan fingerprint density at radius 1 is 1.36 bits per heavy atom. The van der Waals surface area contributed by atoms with Gasteiger partial charge in [0.25, 0.3) is 0 Å². The molecular weight excluding hydrogens is 343 g/mol. The number of aryl methyl sites for hydroxylation is 1. The van der Waals surface area contributed by atoms with Gasteiger partial charge in [-0.1, -0.05) is 36.2 Å². The smallest absolute Gasteiger partial charge is 0.222 e. The van der Waals surface area contributed by atoms with Gasteiger partial charge in [0.1, 0.15) is 0 Å². The summed E-state index contributed by atoms with van der Waals surface area (Å²) in [4.78, 5) is 14.1. The minimum Gasteiger partial charge on any atom is -0.342 e. The van der Waals surface area contributed by atoms with Crippen LogP contribution in [0, 0.1) is 5.41 Å². The molecule has 0 saturated carbocycles. The molecule has 0 spiro atoms. The third-order valence-electron chi connectivity index (χ3n) is 4.24. The number of carbonyl (C=O) groups excluding carboxylic acids is 1. The number of nitrogens with zero attached hydrogens (tertiary/aromatic N) is 1. The number of carbonyl (C=O) groups is 1. The van der Waals surface area contributed by atoms with E-state index in [1.807, 2.05) is 17.0 Å². The third kappa shape index (κ3) is 5.02. The summed E-state index contributed by atoms with van der Waals surface area (Å²) in [7, 11) is 0. The Hall–Kier alpha value is -0.480. The number of halogens is 3. The van der Waals surface area contributed by atoms with Gasteiger partial charge in [-0.2, -0.15) is 0 Å². The molecule has 1 aliphatic heterocycles. The van der Waals surface area contributed by atoms with Crippen molar-refractivity contribution in [1.82, 2.24) is 4.90 Å². The lowest BCUT2D eigenvalue weighted by atomic mass is 9.90. The highest BCUT2D eigenvalue weighted by atomic mass is 35.5. The van der Waals surface area contributed by atoms with Crippen molar-refractivity contribution >= 4 is 41.5 Å². The SMILES string of the molecule is CC1(CN)CCN(C(=O)CCCc2ccc(Cl)c(Cl)c2)C1.Cl. The Balaban J connectivity index is 0.00000242. The van der Waals surface area contributed by atoms with E-state index in [1.54, 1.807) is 6.07 Å². The Morgan fingerprint density at radius 2 is 2.09 bits per heavy atom. The van der Waals surface area contributed by atoms with Gasteiger partial charge < -0.3 is 10.6 Å². The van der Waals surface area contributed by atoms with Gasteiger partial charge in [0.15, 0.2) is 0 Å². The van der Waals surface area contributed by atoms with Crippen LogP contribution in [-0.2, 0) is 11.2 Å². The summed E-state index contributed by atoms with van der Waals surface area (Å²) in [5, 5.41) is 1.13. The molecular formula is C16H23Cl3N2O. The van der Waals surface area contributed by atoms with E-state index in [0.29, 0.717) is 23.0 Å². The average Bonchev–Trinajstić information content (AvgIpc) is 2.86. The van der Waals surface area contributed by atoms with Crippen LogP contribution in [0.2, 0.25) is 10.0 Å². The summed E-state index contributed by atoms with van der Waals surface area (Å²) in [5.74, 6) is 0.229. The lowest BCUT2D eigenvalue weighted by Crippen LogP contribution is -2.34. The molecule has 1 aromatic carbocycles. The van der Waals surface area contributed by atoms with Crippen molar-refractivity contribution in [3.63, 3.8) is 0 Å². The summed E-state index contributed by atoms with van der Waals surface area (Å²) >= 11 is 11.9. The van der Waals surface area contributed by atoms with Gasteiger partial charge in [-0.15, -0.1) is 12.4 Å². The fourth-order valence-corrected chi connectivity index (χ4v) is 3.02. The molecule has 6 heteroatoms. The molecule has 2 N–H and O–H groups in total. The number of hydrogen-bond donors (Lipinski definition) is 1. The van der Waals surface area contributed by atoms with E-state index in [-0.39, 0.29) is 23.7 Å². The highest BCUT2D eigenvalue weighted by Gasteiger charge is 2.34. The molecule has 1 heterocycles. The molecule has 3 nitrogen and oxygen atoms in total. The predicted octanol–water partition coefficient (Wildman–Crippen LogP) is 3.94. The van der Waals surface area contributed by atoms with E-state index in [9.17, 15) is 4.79 Å². The molecule has 1 fully saturated rings. The van der Waals surface area contributed by atoms with Crippen LogP contribution in [0.4, 0.5) is 0 Å². The second kappa shape index (κ2) is 8.39. The molecule has 1 saturated heterocycles. The summed E-state index contributed by atoms with van der Waals surface area (Å²) in [6.45, 7) is 4.41. The van der Waals surface area contributed by atoms with E-state index < -0.39 is 0 Å². The molecule has 1 unspecified atom stereocenters. The predicted molar refractivity (Wildman–Crippen MR) is 95.0 cm³/mol. The zero-order valence-corrected chi connectivity index (χ0v) is 15.1. The van der Waals surface area contributed by atoms with Gasteiger partial charge in [0, 0.05) is 19.5 Å². The number of amides is 1. The molecule has 2 rings (SSSR count). The quantitative estimate of drug-likeness (QED) is 0.859. The minimum absolute atomic E-state index is 0. The summed E-state index contributed by atoms with van der Waals surface area (Å²) in [6.07, 6.45) is 3.24. The van der Waals surface area contributed by atoms with Crippen LogP contribution in [0.25, 0.3) is 0 Å². The lowest BCUT2D eigenvalue weighted by Gasteiger charge is -2.22. The second-order valence-corrected chi connectivity index (χ2v) is 7.00. The molecule has 0 aromatic heterocycles. The van der Waals surface area contributed by atoms with Crippen LogP contribution >= 0.6 is 35.6 Å². The first-order valence-corrected chi connectivity index (χ1v) is 8.11. The van der Waals surface area contributed by atoms with Crippen molar-refractivity contribution in [2.45, 2.75) is 32.6 Å². The molecule has 124 valence electrons. The van der Waals surface area contributed by atoms with Crippen molar-refractivity contribution in [2.75, 3.05) is 19.6 Å². The first kappa shape index (κ1) is 19.6. The van der Waals surface area contributed by atoms with Gasteiger partial charge in [-0.05, 0) is 48.9 Å². The minimum atomic E-state index is 0. The Bertz CT molecular complexity index is 524. The van der Waals surface area contributed by atoms with Gasteiger partial charge in [0.05, 0.1) is 10.0 Å². The standard InChI is InChI=1S/C16H22Cl2N2O.ClH/c1-16(10-19)7-8-20(11-16)15(21)4-2-3-12-5-6-13(17)14(18)9-12;/h5-6,9H,2-4,7-8,10-11,19H2,1H3;1H.